The van der Waals surface area contributed by atoms with Gasteiger partial charge < -0.3 is 15.0 Å². The van der Waals surface area contributed by atoms with E-state index in [0.29, 0.717) is 13.2 Å². The first-order valence-electron chi connectivity index (χ1n) is 8.40. The van der Waals surface area contributed by atoms with Crippen LogP contribution in [-0.4, -0.2) is 41.7 Å². The lowest BCUT2D eigenvalue weighted by Gasteiger charge is -2.17. The van der Waals surface area contributed by atoms with Crippen molar-refractivity contribution in [2.75, 3.05) is 25.0 Å². The van der Waals surface area contributed by atoms with Crippen LogP contribution < -0.4 is 5.32 Å². The van der Waals surface area contributed by atoms with Crippen molar-refractivity contribution in [1.82, 2.24) is 9.88 Å². The molecule has 1 aliphatic carbocycles. The van der Waals surface area contributed by atoms with Crippen molar-refractivity contribution in [3.05, 3.63) is 23.9 Å². The number of nitrogens with zero attached hydrogens (tertiary/aromatic N) is 2. The van der Waals surface area contributed by atoms with Gasteiger partial charge in [0.05, 0.1) is 6.61 Å². The molecule has 1 N–H and O–H groups in total. The number of carbonyl (C=O) groups excluding carboxylic acids is 1. The number of carbonyl (C=O) groups is 1. The quantitative estimate of drug-likeness (QED) is 0.819. The molecule has 1 aliphatic heterocycles. The number of likely N-dealkylation sites (tertiary alicyclic amines) is 1. The molecule has 1 saturated carbocycles. The highest BCUT2D eigenvalue weighted by atomic mass is 16.6. The molecule has 1 saturated heterocycles. The molecule has 1 aromatic heterocycles. The van der Waals surface area contributed by atoms with Crippen LogP contribution >= 0.6 is 0 Å². The topological polar surface area (TPSA) is 54.5 Å². The van der Waals surface area contributed by atoms with Crippen LogP contribution in [0.4, 0.5) is 10.6 Å². The molecule has 1 amide bonds. The van der Waals surface area contributed by atoms with Gasteiger partial charge in [0.15, 0.2) is 0 Å². The first kappa shape index (κ1) is 15.1. The van der Waals surface area contributed by atoms with Crippen LogP contribution in [0.2, 0.25) is 0 Å². The molecule has 0 spiro atoms. The lowest BCUT2D eigenvalue weighted by atomic mass is 10.2. The zero-order chi connectivity index (χ0) is 15.4. The van der Waals surface area contributed by atoms with Crippen molar-refractivity contribution in [2.24, 2.45) is 0 Å². The molecular weight excluding hydrogens is 278 g/mol. The van der Waals surface area contributed by atoms with Crippen LogP contribution in [-0.2, 0) is 4.74 Å². The Kier molecular flexibility index (Phi) is 4.80. The van der Waals surface area contributed by atoms with E-state index in [2.05, 4.69) is 29.4 Å². The maximum atomic E-state index is 11.9. The average Bonchev–Trinajstić information content (AvgIpc) is 3.28. The second-order valence-electron chi connectivity index (χ2n) is 6.29. The summed E-state index contributed by atoms with van der Waals surface area (Å²) in [5.74, 6) is 1.64. The summed E-state index contributed by atoms with van der Waals surface area (Å²) in [6.45, 7) is 4.05. The summed E-state index contributed by atoms with van der Waals surface area (Å²) >= 11 is 0. The van der Waals surface area contributed by atoms with Gasteiger partial charge in [-0.1, -0.05) is 19.4 Å². The van der Waals surface area contributed by atoms with Crippen LogP contribution in [0.3, 0.4) is 0 Å². The summed E-state index contributed by atoms with van der Waals surface area (Å²) in [6.07, 6.45) is 7.30. The Morgan fingerprint density at radius 2 is 2.27 bits per heavy atom. The number of pyridine rings is 1. The summed E-state index contributed by atoms with van der Waals surface area (Å²) in [5, 5.41) is 3.42. The second-order valence-corrected chi connectivity index (χ2v) is 6.29. The second kappa shape index (κ2) is 6.99. The van der Waals surface area contributed by atoms with Crippen LogP contribution in [0.25, 0.3) is 0 Å². The number of nitrogens with one attached hydrogen (secondary N) is 1. The normalized spacial score (nSPS) is 21.0. The molecule has 2 fully saturated rings. The Hall–Kier alpha value is -1.78. The highest BCUT2D eigenvalue weighted by Gasteiger charge is 2.27. The third kappa shape index (κ3) is 3.90. The SMILES string of the molecule is CCCCOC(=O)N1CC[C@H](Nc2ccc(C3CC3)cn2)C1. The van der Waals surface area contributed by atoms with Crippen LogP contribution in [0, 0.1) is 0 Å². The predicted molar refractivity (Wildman–Crippen MR) is 86.1 cm³/mol. The lowest BCUT2D eigenvalue weighted by molar-refractivity contribution is 0.109. The van der Waals surface area contributed by atoms with Crippen LogP contribution in [0.5, 0.6) is 0 Å². The Labute approximate surface area is 132 Å². The molecular formula is C17H25N3O2. The van der Waals surface area contributed by atoms with Gasteiger partial charge >= 0.3 is 6.09 Å². The maximum absolute atomic E-state index is 11.9. The molecule has 3 rings (SSSR count). The molecule has 0 unspecified atom stereocenters. The van der Waals surface area contributed by atoms with Gasteiger partial charge in [0, 0.05) is 25.3 Å². The van der Waals surface area contributed by atoms with E-state index in [4.69, 9.17) is 4.74 Å². The zero-order valence-electron chi connectivity index (χ0n) is 13.3. The number of hydrogen-bond acceptors (Lipinski definition) is 4. The molecule has 5 nitrogen and oxygen atoms in total. The minimum absolute atomic E-state index is 0.185. The summed E-state index contributed by atoms with van der Waals surface area (Å²) < 4.78 is 5.26. The van der Waals surface area contributed by atoms with Gasteiger partial charge in [0.25, 0.3) is 0 Å². The molecule has 22 heavy (non-hydrogen) atoms. The fourth-order valence-electron chi connectivity index (χ4n) is 2.80. The standard InChI is InChI=1S/C17H25N3O2/c1-2-3-10-22-17(21)20-9-8-15(12-20)19-16-7-6-14(11-18-16)13-4-5-13/h6-7,11,13,15H,2-5,8-10,12H2,1H3,(H,18,19)/t15-/m0/s1. The van der Waals surface area contributed by atoms with Crippen molar-refractivity contribution >= 4 is 11.9 Å². The van der Waals surface area contributed by atoms with E-state index in [1.54, 1.807) is 4.90 Å². The van der Waals surface area contributed by atoms with Crippen LogP contribution in [0.15, 0.2) is 18.3 Å². The average molecular weight is 303 g/mol. The van der Waals surface area contributed by atoms with Gasteiger partial charge in [0.2, 0.25) is 0 Å². The van der Waals surface area contributed by atoms with Gasteiger partial charge in [-0.05, 0) is 43.2 Å². The molecule has 120 valence electrons. The van der Waals surface area contributed by atoms with E-state index in [0.717, 1.165) is 37.5 Å². The van der Waals surface area contributed by atoms with Gasteiger partial charge in [-0.2, -0.15) is 0 Å². The van der Waals surface area contributed by atoms with E-state index in [1.165, 1.54) is 18.4 Å². The van der Waals surface area contributed by atoms with E-state index in [9.17, 15) is 4.79 Å². The maximum Gasteiger partial charge on any atom is 0.409 e. The number of rotatable bonds is 6. The van der Waals surface area contributed by atoms with Gasteiger partial charge in [0.1, 0.15) is 5.82 Å². The zero-order valence-corrected chi connectivity index (χ0v) is 13.3. The largest absolute Gasteiger partial charge is 0.449 e. The van der Waals surface area contributed by atoms with Crippen LogP contribution in [0.1, 0.15) is 50.5 Å². The first-order valence-corrected chi connectivity index (χ1v) is 8.40. The minimum atomic E-state index is -0.185. The molecule has 5 heteroatoms. The summed E-state index contributed by atoms with van der Waals surface area (Å²) in [7, 11) is 0. The highest BCUT2D eigenvalue weighted by Crippen LogP contribution is 2.39. The van der Waals surface area contributed by atoms with E-state index in [-0.39, 0.29) is 12.1 Å². The lowest BCUT2D eigenvalue weighted by Crippen LogP contribution is -2.32. The molecule has 1 atom stereocenters. The van der Waals surface area contributed by atoms with E-state index >= 15 is 0 Å². The molecule has 1 aromatic rings. The number of amides is 1. The third-order valence-corrected chi connectivity index (χ3v) is 4.36. The number of anilines is 1. The van der Waals surface area contributed by atoms with E-state index in [1.807, 2.05) is 6.20 Å². The van der Waals surface area contributed by atoms with Crippen molar-refractivity contribution in [3.8, 4) is 0 Å². The minimum Gasteiger partial charge on any atom is -0.449 e. The number of unbranched alkanes of at least 4 members (excludes halogenated alkanes) is 1. The highest BCUT2D eigenvalue weighted by molar-refractivity contribution is 5.68. The predicted octanol–water partition coefficient (Wildman–Crippen LogP) is 3.38. The fourth-order valence-corrected chi connectivity index (χ4v) is 2.80. The Morgan fingerprint density at radius 1 is 1.41 bits per heavy atom. The fraction of sp³-hybridized carbons (Fsp3) is 0.647. The van der Waals surface area contributed by atoms with E-state index < -0.39 is 0 Å². The first-order chi connectivity index (χ1) is 10.8. The number of hydrogen-bond donors (Lipinski definition) is 1. The molecule has 0 radical (unpaired) electrons. The van der Waals surface area contributed by atoms with Gasteiger partial charge in [-0.3, -0.25) is 0 Å². The molecule has 2 heterocycles. The summed E-state index contributed by atoms with van der Waals surface area (Å²) in [4.78, 5) is 18.2. The summed E-state index contributed by atoms with van der Waals surface area (Å²) in [6, 6.07) is 4.48. The summed E-state index contributed by atoms with van der Waals surface area (Å²) in [5.41, 5.74) is 1.35. The van der Waals surface area contributed by atoms with Gasteiger partial charge in [-0.15, -0.1) is 0 Å². The number of aromatic nitrogens is 1. The number of ether oxygens (including phenoxy) is 1. The van der Waals surface area contributed by atoms with Gasteiger partial charge in [-0.25, -0.2) is 9.78 Å². The van der Waals surface area contributed by atoms with Crippen molar-refractivity contribution < 1.29 is 9.53 Å². The Balaban J connectivity index is 1.44. The molecule has 2 aliphatic rings. The van der Waals surface area contributed by atoms with Crippen molar-refractivity contribution in [3.63, 3.8) is 0 Å². The smallest absolute Gasteiger partial charge is 0.409 e. The molecule has 0 aromatic carbocycles. The Bertz CT molecular complexity index is 499. The Morgan fingerprint density at radius 3 is 2.95 bits per heavy atom. The molecule has 0 bridgehead atoms. The van der Waals surface area contributed by atoms with Crippen molar-refractivity contribution in [2.45, 2.75) is 51.0 Å². The third-order valence-electron chi connectivity index (χ3n) is 4.36. The monoisotopic (exact) mass is 303 g/mol. The van der Waals surface area contributed by atoms with Crippen molar-refractivity contribution in [1.29, 1.82) is 0 Å².